The van der Waals surface area contributed by atoms with Gasteiger partial charge < -0.3 is 14.8 Å². The zero-order valence-corrected chi connectivity index (χ0v) is 18.0. The fourth-order valence-corrected chi connectivity index (χ4v) is 4.14. The van der Waals surface area contributed by atoms with E-state index in [2.05, 4.69) is 10.3 Å². The van der Waals surface area contributed by atoms with Crippen molar-refractivity contribution in [3.63, 3.8) is 0 Å². The van der Waals surface area contributed by atoms with Crippen LogP contribution in [-0.4, -0.2) is 48.4 Å². The highest BCUT2D eigenvalue weighted by Gasteiger charge is 2.37. The van der Waals surface area contributed by atoms with Gasteiger partial charge in [0.1, 0.15) is 22.6 Å². The van der Waals surface area contributed by atoms with Gasteiger partial charge in [-0.2, -0.15) is 0 Å². The number of anilines is 1. The minimum absolute atomic E-state index is 0.0651. The minimum atomic E-state index is -0.630. The number of benzene rings is 2. The van der Waals surface area contributed by atoms with Crippen LogP contribution in [0.2, 0.25) is 5.02 Å². The molecule has 3 rings (SSSR count). The molecular formula is C20H19ClFN3O4S. The number of methoxy groups -OCH3 is 2. The lowest BCUT2D eigenvalue weighted by Gasteiger charge is -2.14. The first kappa shape index (κ1) is 21.9. The smallest absolute Gasteiger partial charge is 0.242 e. The fourth-order valence-electron chi connectivity index (χ4n) is 2.75. The number of hydrogen-bond acceptors (Lipinski definition) is 6. The highest BCUT2D eigenvalue weighted by atomic mass is 35.5. The molecule has 0 radical (unpaired) electrons. The summed E-state index contributed by atoms with van der Waals surface area (Å²) in [6.45, 7) is 0. The SMILES string of the molecule is COc1cc(NC(=O)CC2SC(=Nc3ccc(F)cc3)N(C)C2=O)c(OC)cc1Cl. The third kappa shape index (κ3) is 4.85. The number of ether oxygens (including phenoxy) is 2. The lowest BCUT2D eigenvalue weighted by atomic mass is 10.2. The average Bonchev–Trinajstić information content (AvgIpc) is 2.98. The van der Waals surface area contributed by atoms with E-state index in [9.17, 15) is 14.0 Å². The molecule has 1 unspecified atom stereocenters. The molecule has 1 fully saturated rings. The maximum absolute atomic E-state index is 13.1. The lowest BCUT2D eigenvalue weighted by Crippen LogP contribution is -2.30. The van der Waals surface area contributed by atoms with Gasteiger partial charge in [-0.1, -0.05) is 23.4 Å². The first-order chi connectivity index (χ1) is 14.3. The zero-order chi connectivity index (χ0) is 21.8. The van der Waals surface area contributed by atoms with E-state index in [0.717, 1.165) is 0 Å². The Morgan fingerprint density at radius 2 is 1.90 bits per heavy atom. The number of amides is 2. The van der Waals surface area contributed by atoms with Crippen molar-refractivity contribution in [1.29, 1.82) is 0 Å². The van der Waals surface area contributed by atoms with Crippen molar-refractivity contribution in [2.45, 2.75) is 11.7 Å². The van der Waals surface area contributed by atoms with Crippen LogP contribution in [-0.2, 0) is 9.59 Å². The number of thioether (sulfide) groups is 1. The second-order valence-corrected chi connectivity index (χ2v) is 7.89. The van der Waals surface area contributed by atoms with E-state index in [1.807, 2.05) is 0 Å². The molecule has 0 aromatic heterocycles. The van der Waals surface area contributed by atoms with Crippen LogP contribution in [0, 0.1) is 5.82 Å². The Bertz CT molecular complexity index is 1000. The van der Waals surface area contributed by atoms with Crippen molar-refractivity contribution in [3.05, 3.63) is 47.2 Å². The van der Waals surface area contributed by atoms with Gasteiger partial charge in [0.25, 0.3) is 0 Å². The van der Waals surface area contributed by atoms with Crippen molar-refractivity contribution in [1.82, 2.24) is 4.90 Å². The Morgan fingerprint density at radius 3 is 2.53 bits per heavy atom. The van der Waals surface area contributed by atoms with Crippen molar-refractivity contribution < 1.29 is 23.5 Å². The number of rotatable bonds is 6. The van der Waals surface area contributed by atoms with Crippen molar-refractivity contribution in [2.75, 3.05) is 26.6 Å². The summed E-state index contributed by atoms with van der Waals surface area (Å²) in [5.74, 6) is -0.231. The standard InChI is InChI=1S/C20H19ClFN3O4S/c1-25-19(27)17(30-20(25)23-12-6-4-11(22)5-7-12)10-18(26)24-14-9-15(28-2)13(21)8-16(14)29-3/h4-9,17H,10H2,1-3H3,(H,24,26). The number of nitrogens with zero attached hydrogens (tertiary/aromatic N) is 2. The van der Waals surface area contributed by atoms with E-state index in [1.165, 1.54) is 61.2 Å². The van der Waals surface area contributed by atoms with Gasteiger partial charge in [-0.25, -0.2) is 9.38 Å². The van der Waals surface area contributed by atoms with E-state index in [0.29, 0.717) is 33.1 Å². The molecular weight excluding hydrogens is 433 g/mol. The molecule has 2 aromatic carbocycles. The molecule has 30 heavy (non-hydrogen) atoms. The highest BCUT2D eigenvalue weighted by Crippen LogP contribution is 2.36. The summed E-state index contributed by atoms with van der Waals surface area (Å²) >= 11 is 7.26. The van der Waals surface area contributed by atoms with Gasteiger partial charge in [0.05, 0.1) is 30.6 Å². The molecule has 0 bridgehead atoms. The van der Waals surface area contributed by atoms with Crippen molar-refractivity contribution >= 4 is 51.7 Å². The summed E-state index contributed by atoms with van der Waals surface area (Å²) in [6.07, 6.45) is -0.0651. The number of hydrogen-bond donors (Lipinski definition) is 1. The Hall–Kier alpha value is -2.78. The third-order valence-electron chi connectivity index (χ3n) is 4.31. The van der Waals surface area contributed by atoms with Crippen molar-refractivity contribution in [3.8, 4) is 11.5 Å². The van der Waals surface area contributed by atoms with Crippen LogP contribution in [0.15, 0.2) is 41.4 Å². The van der Waals surface area contributed by atoms with E-state index in [1.54, 1.807) is 13.1 Å². The monoisotopic (exact) mass is 451 g/mol. The molecule has 1 aliphatic rings. The molecule has 1 atom stereocenters. The number of nitrogens with one attached hydrogen (secondary N) is 1. The maximum Gasteiger partial charge on any atom is 0.242 e. The van der Waals surface area contributed by atoms with Crippen LogP contribution in [0.3, 0.4) is 0 Å². The quantitative estimate of drug-likeness (QED) is 0.715. The predicted molar refractivity (Wildman–Crippen MR) is 115 cm³/mol. The van der Waals surface area contributed by atoms with Gasteiger partial charge >= 0.3 is 0 Å². The van der Waals surface area contributed by atoms with Gasteiger partial charge in [-0.15, -0.1) is 0 Å². The van der Waals surface area contributed by atoms with Crippen LogP contribution < -0.4 is 14.8 Å². The van der Waals surface area contributed by atoms with Crippen LogP contribution >= 0.6 is 23.4 Å². The first-order valence-electron chi connectivity index (χ1n) is 8.82. The van der Waals surface area contributed by atoms with Crippen LogP contribution in [0.5, 0.6) is 11.5 Å². The molecule has 0 aliphatic carbocycles. The molecule has 10 heteroatoms. The summed E-state index contributed by atoms with van der Waals surface area (Å²) in [6, 6.07) is 8.70. The first-order valence-corrected chi connectivity index (χ1v) is 10.1. The topological polar surface area (TPSA) is 80.2 Å². The Kier molecular flexibility index (Phi) is 6.84. The summed E-state index contributed by atoms with van der Waals surface area (Å²) in [7, 11) is 4.50. The Balaban J connectivity index is 1.71. The number of carbonyl (C=O) groups excluding carboxylic acids is 2. The molecule has 1 aliphatic heterocycles. The predicted octanol–water partition coefficient (Wildman–Crippen LogP) is 4.09. The summed E-state index contributed by atoms with van der Waals surface area (Å²) < 4.78 is 23.5. The zero-order valence-electron chi connectivity index (χ0n) is 16.4. The fraction of sp³-hybridized carbons (Fsp3) is 0.250. The maximum atomic E-state index is 13.1. The number of amidine groups is 1. The van der Waals surface area contributed by atoms with E-state index < -0.39 is 5.25 Å². The molecule has 7 nitrogen and oxygen atoms in total. The molecule has 0 saturated carbocycles. The van der Waals surface area contributed by atoms with Crippen LogP contribution in [0.1, 0.15) is 6.42 Å². The highest BCUT2D eigenvalue weighted by molar-refractivity contribution is 8.15. The number of carbonyl (C=O) groups is 2. The summed E-state index contributed by atoms with van der Waals surface area (Å²) in [5, 5.41) is 2.88. The Labute approximate surface area is 182 Å². The third-order valence-corrected chi connectivity index (χ3v) is 5.83. The van der Waals surface area contributed by atoms with E-state index >= 15 is 0 Å². The minimum Gasteiger partial charge on any atom is -0.495 e. The molecule has 0 spiro atoms. The second kappa shape index (κ2) is 9.36. The number of aliphatic imine (C=N–C) groups is 1. The molecule has 1 heterocycles. The van der Waals surface area contributed by atoms with Gasteiger partial charge in [0.2, 0.25) is 11.8 Å². The lowest BCUT2D eigenvalue weighted by molar-refractivity contribution is -0.127. The molecule has 2 amide bonds. The van der Waals surface area contributed by atoms with E-state index in [-0.39, 0.29) is 24.1 Å². The summed E-state index contributed by atoms with van der Waals surface area (Å²) in [4.78, 5) is 30.9. The average molecular weight is 452 g/mol. The molecule has 2 aromatic rings. The molecule has 158 valence electrons. The van der Waals surface area contributed by atoms with Gasteiger partial charge in [0, 0.05) is 25.6 Å². The van der Waals surface area contributed by atoms with Gasteiger partial charge in [-0.05, 0) is 24.3 Å². The van der Waals surface area contributed by atoms with Crippen LogP contribution in [0.4, 0.5) is 15.8 Å². The van der Waals surface area contributed by atoms with Gasteiger partial charge in [0.15, 0.2) is 5.17 Å². The normalized spacial score (nSPS) is 17.4. The summed E-state index contributed by atoms with van der Waals surface area (Å²) in [5.41, 5.74) is 0.898. The second-order valence-electron chi connectivity index (χ2n) is 6.31. The van der Waals surface area contributed by atoms with Gasteiger partial charge in [-0.3, -0.25) is 14.5 Å². The number of halogens is 2. The molecule has 1 N–H and O–H groups in total. The van der Waals surface area contributed by atoms with E-state index in [4.69, 9.17) is 21.1 Å². The Morgan fingerprint density at radius 1 is 1.23 bits per heavy atom. The molecule has 1 saturated heterocycles. The largest absolute Gasteiger partial charge is 0.495 e. The van der Waals surface area contributed by atoms with Crippen molar-refractivity contribution in [2.24, 2.45) is 4.99 Å². The van der Waals surface area contributed by atoms with Crippen LogP contribution in [0.25, 0.3) is 0 Å².